The number of urea groups is 1. The number of hydrogen-bond acceptors (Lipinski definition) is 5. The molecule has 0 radical (unpaired) electrons. The Morgan fingerprint density at radius 1 is 1.17 bits per heavy atom. The minimum Gasteiger partial charge on any atom is -0.462 e. The van der Waals surface area contributed by atoms with Crippen molar-refractivity contribution in [2.75, 3.05) is 11.9 Å². The Kier molecular flexibility index (Phi) is 5.45. The Morgan fingerprint density at radius 3 is 2.52 bits per heavy atom. The number of nitrogens with one attached hydrogen (secondary N) is 3. The lowest BCUT2D eigenvalue weighted by molar-refractivity contribution is 0.0526. The van der Waals surface area contributed by atoms with Crippen molar-refractivity contribution in [1.29, 1.82) is 0 Å². The van der Waals surface area contributed by atoms with Gasteiger partial charge >= 0.3 is 12.0 Å². The minimum absolute atomic E-state index is 0.236. The van der Waals surface area contributed by atoms with Crippen LogP contribution in [0, 0.1) is 0 Å². The number of anilines is 1. The lowest BCUT2D eigenvalue weighted by Gasteiger charge is -2.07. The highest BCUT2D eigenvalue weighted by Crippen LogP contribution is 2.06. The van der Waals surface area contributed by atoms with E-state index in [1.54, 1.807) is 31.2 Å². The zero-order chi connectivity index (χ0) is 16.7. The van der Waals surface area contributed by atoms with Crippen molar-refractivity contribution >= 4 is 17.8 Å². The molecule has 8 nitrogen and oxygen atoms in total. The lowest BCUT2D eigenvalue weighted by Crippen LogP contribution is -2.29. The van der Waals surface area contributed by atoms with E-state index in [4.69, 9.17) is 4.74 Å². The second-order valence-corrected chi connectivity index (χ2v) is 4.53. The van der Waals surface area contributed by atoms with E-state index in [1.165, 1.54) is 12.1 Å². The molecule has 2 rings (SSSR count). The summed E-state index contributed by atoms with van der Waals surface area (Å²) in [5, 5.41) is 11.0. The van der Waals surface area contributed by atoms with Gasteiger partial charge in [-0.2, -0.15) is 5.10 Å². The molecule has 0 unspecified atom stereocenters. The number of benzene rings is 1. The average molecular weight is 316 g/mol. The molecule has 1 aromatic carbocycles. The van der Waals surface area contributed by atoms with Gasteiger partial charge < -0.3 is 10.1 Å². The smallest absolute Gasteiger partial charge is 0.338 e. The van der Waals surface area contributed by atoms with E-state index >= 15 is 0 Å². The maximum atomic E-state index is 11.7. The first kappa shape index (κ1) is 16.2. The molecule has 0 aliphatic rings. The first-order valence-electron chi connectivity index (χ1n) is 6.95. The van der Waals surface area contributed by atoms with Gasteiger partial charge in [-0.1, -0.05) is 12.1 Å². The number of aromatic amines is 1. The number of rotatable bonds is 5. The molecule has 2 aromatic rings. The second kappa shape index (κ2) is 7.74. The molecule has 0 fully saturated rings. The molecule has 0 aliphatic heterocycles. The van der Waals surface area contributed by atoms with Crippen LogP contribution in [0.15, 0.2) is 41.2 Å². The highest BCUT2D eigenvalue weighted by Gasteiger charge is 2.06. The van der Waals surface area contributed by atoms with E-state index in [-0.39, 0.29) is 23.9 Å². The van der Waals surface area contributed by atoms with Gasteiger partial charge in [-0.05, 0) is 30.7 Å². The van der Waals surface area contributed by atoms with Crippen LogP contribution in [0.1, 0.15) is 22.8 Å². The van der Waals surface area contributed by atoms with E-state index in [9.17, 15) is 14.4 Å². The molecule has 120 valence electrons. The molecular formula is C15H16N4O4. The summed E-state index contributed by atoms with van der Waals surface area (Å²) in [5.41, 5.74) is 0.928. The first-order valence-corrected chi connectivity index (χ1v) is 6.95. The highest BCUT2D eigenvalue weighted by molar-refractivity contribution is 5.89. The van der Waals surface area contributed by atoms with Crippen LogP contribution < -0.4 is 16.2 Å². The van der Waals surface area contributed by atoms with Crippen molar-refractivity contribution in [3.05, 3.63) is 57.9 Å². The normalized spacial score (nSPS) is 9.96. The van der Waals surface area contributed by atoms with Gasteiger partial charge in [0, 0.05) is 12.6 Å². The van der Waals surface area contributed by atoms with Gasteiger partial charge in [-0.3, -0.25) is 10.1 Å². The molecule has 2 amide bonds. The third kappa shape index (κ3) is 4.95. The van der Waals surface area contributed by atoms with Crippen molar-refractivity contribution in [3.63, 3.8) is 0 Å². The zero-order valence-corrected chi connectivity index (χ0v) is 12.5. The van der Waals surface area contributed by atoms with Crippen LogP contribution in [-0.2, 0) is 11.3 Å². The van der Waals surface area contributed by atoms with Crippen molar-refractivity contribution in [3.8, 4) is 0 Å². The Hall–Kier alpha value is -3.16. The molecule has 8 heteroatoms. The predicted octanol–water partition coefficient (Wildman–Crippen LogP) is 1.27. The molecule has 0 saturated carbocycles. The monoisotopic (exact) mass is 316 g/mol. The second-order valence-electron chi connectivity index (χ2n) is 4.53. The van der Waals surface area contributed by atoms with Crippen molar-refractivity contribution in [2.24, 2.45) is 0 Å². The molecule has 1 heterocycles. The third-order valence-electron chi connectivity index (χ3n) is 2.84. The van der Waals surface area contributed by atoms with E-state index in [0.29, 0.717) is 12.2 Å². The number of H-pyrrole nitrogens is 1. The Labute approximate surface area is 131 Å². The maximum Gasteiger partial charge on any atom is 0.338 e. The summed E-state index contributed by atoms with van der Waals surface area (Å²) in [6.07, 6.45) is 0. The third-order valence-corrected chi connectivity index (χ3v) is 2.84. The summed E-state index contributed by atoms with van der Waals surface area (Å²) >= 11 is 0. The van der Waals surface area contributed by atoms with Gasteiger partial charge in [0.25, 0.3) is 5.56 Å². The fraction of sp³-hybridized carbons (Fsp3) is 0.200. The number of carbonyl (C=O) groups excluding carboxylic acids is 2. The molecule has 0 atom stereocenters. The number of esters is 1. The molecule has 1 aromatic heterocycles. The predicted molar refractivity (Wildman–Crippen MR) is 83.1 cm³/mol. The summed E-state index contributed by atoms with van der Waals surface area (Å²) in [6, 6.07) is 8.92. The Balaban J connectivity index is 1.85. The fourth-order valence-corrected chi connectivity index (χ4v) is 1.73. The molecule has 23 heavy (non-hydrogen) atoms. The largest absolute Gasteiger partial charge is 0.462 e. The molecule has 0 bridgehead atoms. The number of ether oxygens (including phenoxy) is 1. The van der Waals surface area contributed by atoms with Gasteiger partial charge in [0.1, 0.15) is 0 Å². The number of hydrogen-bond donors (Lipinski definition) is 3. The minimum atomic E-state index is -0.459. The highest BCUT2D eigenvalue weighted by atomic mass is 16.5. The summed E-state index contributed by atoms with van der Waals surface area (Å²) in [7, 11) is 0. The van der Waals surface area contributed by atoms with Gasteiger partial charge in [-0.25, -0.2) is 14.7 Å². The van der Waals surface area contributed by atoms with Crippen LogP contribution in [0.5, 0.6) is 0 Å². The maximum absolute atomic E-state index is 11.7. The van der Waals surface area contributed by atoms with E-state index < -0.39 is 6.03 Å². The van der Waals surface area contributed by atoms with E-state index in [0.717, 1.165) is 5.56 Å². The van der Waals surface area contributed by atoms with Crippen molar-refractivity contribution < 1.29 is 14.3 Å². The van der Waals surface area contributed by atoms with Crippen molar-refractivity contribution in [2.45, 2.75) is 13.5 Å². The SMILES string of the molecule is CCOC(=O)c1ccc(CNC(=O)Nc2ccc(=O)[nH]n2)cc1. The van der Waals surface area contributed by atoms with Crippen LogP contribution in [0.4, 0.5) is 10.6 Å². The lowest BCUT2D eigenvalue weighted by atomic mass is 10.1. The number of carbonyl (C=O) groups is 2. The van der Waals surface area contributed by atoms with Crippen LogP contribution in [0.3, 0.4) is 0 Å². The Morgan fingerprint density at radius 2 is 1.91 bits per heavy atom. The van der Waals surface area contributed by atoms with Crippen molar-refractivity contribution in [1.82, 2.24) is 15.5 Å². The first-order chi connectivity index (χ1) is 11.1. The van der Waals surface area contributed by atoms with Gasteiger partial charge in [0.05, 0.1) is 12.2 Å². The number of nitrogens with zero attached hydrogens (tertiary/aromatic N) is 1. The molecular weight excluding hydrogens is 300 g/mol. The van der Waals surface area contributed by atoms with E-state index in [2.05, 4.69) is 20.8 Å². The molecule has 0 saturated heterocycles. The zero-order valence-electron chi connectivity index (χ0n) is 12.5. The van der Waals surface area contributed by atoms with Crippen LogP contribution in [-0.4, -0.2) is 28.8 Å². The van der Waals surface area contributed by atoms with Crippen LogP contribution in [0.2, 0.25) is 0 Å². The summed E-state index contributed by atoms with van der Waals surface area (Å²) in [5.74, 6) is -0.145. The summed E-state index contributed by atoms with van der Waals surface area (Å²) < 4.78 is 4.89. The molecule has 3 N–H and O–H groups in total. The van der Waals surface area contributed by atoms with Crippen LogP contribution >= 0.6 is 0 Å². The van der Waals surface area contributed by atoms with Gasteiger partial charge in [-0.15, -0.1) is 0 Å². The molecule has 0 spiro atoms. The number of aromatic nitrogens is 2. The van der Waals surface area contributed by atoms with Crippen LogP contribution in [0.25, 0.3) is 0 Å². The Bertz CT molecular complexity index is 719. The number of amides is 2. The average Bonchev–Trinajstić information content (AvgIpc) is 2.56. The van der Waals surface area contributed by atoms with E-state index in [1.807, 2.05) is 0 Å². The molecule has 0 aliphatic carbocycles. The quantitative estimate of drug-likeness (QED) is 0.719. The fourth-order valence-electron chi connectivity index (χ4n) is 1.73. The van der Waals surface area contributed by atoms with Gasteiger partial charge in [0.15, 0.2) is 5.82 Å². The summed E-state index contributed by atoms with van der Waals surface area (Å²) in [4.78, 5) is 34.1. The topological polar surface area (TPSA) is 113 Å². The summed E-state index contributed by atoms with van der Waals surface area (Å²) in [6.45, 7) is 2.34. The standard InChI is InChI=1S/C15H16N4O4/c1-2-23-14(21)11-5-3-10(4-6-11)9-16-15(22)17-12-7-8-13(20)19-18-12/h3-8H,2,9H2,1H3,(H,19,20)(H2,16,17,18,22). The van der Waals surface area contributed by atoms with Gasteiger partial charge in [0.2, 0.25) is 0 Å².